The third-order valence-corrected chi connectivity index (χ3v) is 4.61. The van der Waals surface area contributed by atoms with Crippen LogP contribution in [0.4, 0.5) is 0 Å². The first-order chi connectivity index (χ1) is 4.84. The van der Waals surface area contributed by atoms with Gasteiger partial charge >= 0.3 is 0 Å². The van der Waals surface area contributed by atoms with Crippen molar-refractivity contribution in [2.75, 3.05) is 6.16 Å². The second-order valence-corrected chi connectivity index (χ2v) is 5.75. The molecule has 0 heterocycles. The maximum Gasteiger partial charge on any atom is -0.0170 e. The van der Waals surface area contributed by atoms with Crippen molar-refractivity contribution in [3.63, 3.8) is 0 Å². The molecule has 1 atom stereocenters. The fourth-order valence-electron chi connectivity index (χ4n) is 0.828. The Hall–Kier alpha value is -0.130. The minimum Gasteiger partial charge on any atom is -0.0960 e. The van der Waals surface area contributed by atoms with E-state index in [1.807, 2.05) is 6.07 Å². The van der Waals surface area contributed by atoms with Gasteiger partial charge in [-0.3, -0.25) is 0 Å². The summed E-state index contributed by atoms with van der Waals surface area (Å²) < 4.78 is 0. The molecule has 2 heteroatoms. The maximum absolute atomic E-state index is 5.31. The van der Waals surface area contributed by atoms with Crippen LogP contribution in [0.15, 0.2) is 30.3 Å². The van der Waals surface area contributed by atoms with Gasteiger partial charge in [0.15, 0.2) is 0 Å². The van der Waals surface area contributed by atoms with E-state index in [1.54, 1.807) is 0 Å². The molecular formula is C8H11PS. The Morgan fingerprint density at radius 1 is 1.30 bits per heavy atom. The van der Waals surface area contributed by atoms with Gasteiger partial charge in [0, 0.05) is 0 Å². The first-order valence-electron chi connectivity index (χ1n) is 3.43. The van der Waals surface area contributed by atoms with Gasteiger partial charge in [-0.25, -0.2) is 0 Å². The summed E-state index contributed by atoms with van der Waals surface area (Å²) in [4.78, 5) is 0. The lowest BCUT2D eigenvalue weighted by atomic mass is 10.4. The van der Waals surface area contributed by atoms with Gasteiger partial charge in [-0.1, -0.05) is 49.1 Å². The quantitative estimate of drug-likeness (QED) is 0.612. The van der Waals surface area contributed by atoms with E-state index in [0.717, 1.165) is 6.16 Å². The zero-order valence-corrected chi connectivity index (χ0v) is 7.82. The summed E-state index contributed by atoms with van der Waals surface area (Å²) in [6, 6.07) is 10.4. The van der Waals surface area contributed by atoms with Gasteiger partial charge in [0.2, 0.25) is 0 Å². The summed E-state index contributed by atoms with van der Waals surface area (Å²) in [6.45, 7) is 1.54. The van der Waals surface area contributed by atoms with Gasteiger partial charge in [-0.05, 0) is 18.2 Å². The normalized spacial score (nSPS) is 12.9. The van der Waals surface area contributed by atoms with Gasteiger partial charge in [0.05, 0.1) is 0 Å². The van der Waals surface area contributed by atoms with Crippen LogP contribution >= 0.6 is 6.70 Å². The molecule has 0 bridgehead atoms. The molecule has 0 aromatic heterocycles. The van der Waals surface area contributed by atoms with Crippen LogP contribution in [0.3, 0.4) is 0 Å². The second kappa shape index (κ2) is 3.90. The molecule has 54 valence electrons. The number of hydrogen-bond donors (Lipinski definition) is 0. The van der Waals surface area contributed by atoms with E-state index in [0.29, 0.717) is 0 Å². The molecule has 1 unspecified atom stereocenters. The van der Waals surface area contributed by atoms with Crippen LogP contribution in [-0.4, -0.2) is 6.16 Å². The molecule has 0 radical (unpaired) electrons. The predicted octanol–water partition coefficient (Wildman–Crippen LogP) is 2.01. The van der Waals surface area contributed by atoms with Gasteiger partial charge in [-0.2, -0.15) is 0 Å². The molecule has 0 N–H and O–H groups in total. The summed E-state index contributed by atoms with van der Waals surface area (Å²) in [6.07, 6.45) is 1.14. The highest BCUT2D eigenvalue weighted by molar-refractivity contribution is 8.08. The Morgan fingerprint density at radius 2 is 1.90 bits per heavy atom. The largest absolute Gasteiger partial charge is 0.0960 e. The van der Waals surface area contributed by atoms with E-state index in [9.17, 15) is 0 Å². The Balaban J connectivity index is 2.85. The molecule has 0 saturated carbocycles. The summed E-state index contributed by atoms with van der Waals surface area (Å²) in [5.74, 6) is 0. The van der Waals surface area contributed by atoms with Crippen LogP contribution < -0.4 is 5.30 Å². The summed E-state index contributed by atoms with van der Waals surface area (Å²) in [5, 5.41) is 1.37. The summed E-state index contributed by atoms with van der Waals surface area (Å²) in [5.41, 5.74) is 0. The van der Waals surface area contributed by atoms with E-state index < -0.39 is 6.70 Å². The maximum atomic E-state index is 5.31. The van der Waals surface area contributed by atoms with E-state index in [2.05, 4.69) is 31.2 Å². The van der Waals surface area contributed by atoms with Crippen LogP contribution in [0.2, 0.25) is 0 Å². The van der Waals surface area contributed by atoms with Crippen molar-refractivity contribution in [2.24, 2.45) is 0 Å². The molecule has 0 saturated heterocycles. The van der Waals surface area contributed by atoms with E-state index in [4.69, 9.17) is 11.8 Å². The topological polar surface area (TPSA) is 0 Å². The molecular weight excluding hydrogens is 159 g/mol. The van der Waals surface area contributed by atoms with Crippen molar-refractivity contribution < 1.29 is 0 Å². The van der Waals surface area contributed by atoms with Gasteiger partial charge < -0.3 is 0 Å². The minimum atomic E-state index is -0.623. The van der Waals surface area contributed by atoms with Gasteiger partial charge in [0.1, 0.15) is 0 Å². The second-order valence-electron chi connectivity index (χ2n) is 2.14. The van der Waals surface area contributed by atoms with Crippen LogP contribution in [0.25, 0.3) is 0 Å². The van der Waals surface area contributed by atoms with Crippen molar-refractivity contribution in [1.82, 2.24) is 0 Å². The smallest absolute Gasteiger partial charge is 0.0170 e. The molecule has 0 nitrogen and oxygen atoms in total. The summed E-state index contributed by atoms with van der Waals surface area (Å²) >= 11 is 5.31. The standard InChI is InChI=1S/C8H11PS/c1-2-9(10)8-6-4-3-5-7-8/h3-7,9H,2H2,1H3. The average Bonchev–Trinajstić information content (AvgIpc) is 2.05. The highest BCUT2D eigenvalue weighted by atomic mass is 32.4. The zero-order chi connectivity index (χ0) is 7.40. The van der Waals surface area contributed by atoms with E-state index in [-0.39, 0.29) is 0 Å². The number of hydrogen-bond acceptors (Lipinski definition) is 1. The van der Waals surface area contributed by atoms with Crippen LogP contribution in [0.1, 0.15) is 6.92 Å². The lowest BCUT2D eigenvalue weighted by Crippen LogP contribution is -1.93. The molecule has 1 rings (SSSR count). The highest BCUT2D eigenvalue weighted by Crippen LogP contribution is 2.17. The molecule has 0 amide bonds. The fraction of sp³-hybridized carbons (Fsp3) is 0.250. The Kier molecular flexibility index (Phi) is 3.11. The van der Waals surface area contributed by atoms with Crippen molar-refractivity contribution in [3.8, 4) is 0 Å². The van der Waals surface area contributed by atoms with Crippen molar-refractivity contribution >= 4 is 23.8 Å². The van der Waals surface area contributed by atoms with Gasteiger partial charge in [0.25, 0.3) is 0 Å². The lowest BCUT2D eigenvalue weighted by Gasteiger charge is -1.98. The van der Waals surface area contributed by atoms with Crippen LogP contribution in [0, 0.1) is 0 Å². The van der Waals surface area contributed by atoms with Crippen molar-refractivity contribution in [3.05, 3.63) is 30.3 Å². The monoisotopic (exact) mass is 170 g/mol. The highest BCUT2D eigenvalue weighted by Gasteiger charge is 1.92. The third kappa shape index (κ3) is 1.93. The van der Waals surface area contributed by atoms with Crippen LogP contribution in [0.5, 0.6) is 0 Å². The molecule has 0 fully saturated rings. The van der Waals surface area contributed by atoms with Crippen molar-refractivity contribution in [1.29, 1.82) is 0 Å². The zero-order valence-electron chi connectivity index (χ0n) is 6.00. The Bertz CT molecular complexity index is 218. The molecule has 1 aromatic rings. The average molecular weight is 170 g/mol. The Labute approximate surface area is 67.7 Å². The SMILES string of the molecule is CC[PH](=S)c1ccccc1. The summed E-state index contributed by atoms with van der Waals surface area (Å²) in [7, 11) is 0. The molecule has 0 spiro atoms. The first-order valence-corrected chi connectivity index (χ1v) is 6.27. The number of rotatable bonds is 2. The molecule has 0 aliphatic heterocycles. The number of benzene rings is 1. The fourth-order valence-corrected chi connectivity index (χ4v) is 2.21. The van der Waals surface area contributed by atoms with Crippen LogP contribution in [-0.2, 0) is 11.8 Å². The van der Waals surface area contributed by atoms with E-state index >= 15 is 0 Å². The predicted molar refractivity (Wildman–Crippen MR) is 52.3 cm³/mol. The molecule has 1 aromatic carbocycles. The van der Waals surface area contributed by atoms with Crippen molar-refractivity contribution in [2.45, 2.75) is 6.92 Å². The first kappa shape index (κ1) is 7.97. The molecule has 10 heavy (non-hydrogen) atoms. The third-order valence-electron chi connectivity index (χ3n) is 1.42. The molecule has 0 aliphatic rings. The minimum absolute atomic E-state index is 0.623. The lowest BCUT2D eigenvalue weighted by molar-refractivity contribution is 1.52. The van der Waals surface area contributed by atoms with E-state index in [1.165, 1.54) is 5.30 Å². The molecule has 0 aliphatic carbocycles. The van der Waals surface area contributed by atoms with Gasteiger partial charge in [-0.15, -0.1) is 0 Å². The Morgan fingerprint density at radius 3 is 2.40 bits per heavy atom.